The number of benzene rings is 1. The van der Waals surface area contributed by atoms with Gasteiger partial charge in [-0.15, -0.1) is 0 Å². The zero-order chi connectivity index (χ0) is 17.2. The maximum atomic E-state index is 11.6. The van der Waals surface area contributed by atoms with Gasteiger partial charge in [-0.25, -0.2) is 4.79 Å². The molecule has 1 amide bonds. The molecule has 0 aliphatic heterocycles. The van der Waals surface area contributed by atoms with Gasteiger partial charge in [-0.1, -0.05) is 29.4 Å². The number of ether oxygens (including phenoxy) is 1. The molecule has 126 valence electrons. The van der Waals surface area contributed by atoms with Crippen molar-refractivity contribution in [3.8, 4) is 5.75 Å². The van der Waals surface area contributed by atoms with Crippen LogP contribution in [0.25, 0.3) is 0 Å². The fourth-order valence-corrected chi connectivity index (χ4v) is 2.00. The molecule has 23 heavy (non-hydrogen) atoms. The molecule has 0 fully saturated rings. The van der Waals surface area contributed by atoms with Crippen molar-refractivity contribution in [1.29, 1.82) is 0 Å². The molecule has 0 saturated heterocycles. The maximum Gasteiger partial charge on any atom is 0.407 e. The smallest absolute Gasteiger partial charge is 0.407 e. The normalized spacial score (nSPS) is 11.0. The van der Waals surface area contributed by atoms with Gasteiger partial charge in [-0.2, -0.15) is 0 Å². The Hall–Kier alpha value is -2.23. The Morgan fingerprint density at radius 2 is 2.00 bits per heavy atom. The number of rotatable bonds is 7. The lowest BCUT2D eigenvalue weighted by Crippen LogP contribution is -2.23. The van der Waals surface area contributed by atoms with Gasteiger partial charge in [0.25, 0.3) is 0 Å². The minimum absolute atomic E-state index is 0.255. The molecule has 2 N–H and O–H groups in total. The molecular formula is C19H27NO3. The largest absolute Gasteiger partial charge is 0.508 e. The van der Waals surface area contributed by atoms with Crippen molar-refractivity contribution in [2.45, 2.75) is 47.1 Å². The Labute approximate surface area is 138 Å². The molecule has 1 rings (SSSR count). The van der Waals surface area contributed by atoms with Gasteiger partial charge in [0.05, 0.1) is 0 Å². The number of nitrogens with one attached hydrogen (secondary N) is 1. The van der Waals surface area contributed by atoms with Crippen LogP contribution in [0.5, 0.6) is 5.75 Å². The summed E-state index contributed by atoms with van der Waals surface area (Å²) in [5.41, 5.74) is 4.24. The molecule has 0 aliphatic carbocycles. The van der Waals surface area contributed by atoms with Crippen LogP contribution in [0.3, 0.4) is 0 Å². The van der Waals surface area contributed by atoms with Gasteiger partial charge >= 0.3 is 6.09 Å². The number of allylic oxidation sites excluding steroid dienone is 3. The number of aryl methyl sites for hydroxylation is 1. The van der Waals surface area contributed by atoms with Crippen molar-refractivity contribution in [3.63, 3.8) is 0 Å². The Kier molecular flexibility index (Phi) is 7.95. The number of carbonyl (C=O) groups is 1. The van der Waals surface area contributed by atoms with Crippen molar-refractivity contribution in [3.05, 3.63) is 52.6 Å². The highest BCUT2D eigenvalue weighted by molar-refractivity contribution is 5.67. The van der Waals surface area contributed by atoms with E-state index >= 15 is 0 Å². The van der Waals surface area contributed by atoms with Crippen LogP contribution in [0.4, 0.5) is 4.79 Å². The van der Waals surface area contributed by atoms with Crippen molar-refractivity contribution in [2.24, 2.45) is 0 Å². The van der Waals surface area contributed by atoms with Crippen LogP contribution in [-0.2, 0) is 11.3 Å². The molecule has 1 aromatic carbocycles. The molecule has 0 saturated carbocycles. The second-order valence-electron chi connectivity index (χ2n) is 5.94. The van der Waals surface area contributed by atoms with E-state index in [4.69, 9.17) is 4.74 Å². The number of alkyl carbamates (subject to hydrolysis) is 1. The van der Waals surface area contributed by atoms with Gasteiger partial charge in [0, 0.05) is 6.54 Å². The molecule has 1 aromatic rings. The van der Waals surface area contributed by atoms with Crippen LogP contribution in [0.2, 0.25) is 0 Å². The second kappa shape index (κ2) is 9.72. The van der Waals surface area contributed by atoms with Crippen molar-refractivity contribution in [1.82, 2.24) is 5.32 Å². The third-order valence-corrected chi connectivity index (χ3v) is 3.44. The van der Waals surface area contributed by atoms with E-state index in [-0.39, 0.29) is 12.4 Å². The molecule has 0 bridgehead atoms. The minimum Gasteiger partial charge on any atom is -0.508 e. The quantitative estimate of drug-likeness (QED) is 0.721. The molecule has 0 unspecified atom stereocenters. The zero-order valence-corrected chi connectivity index (χ0v) is 14.5. The number of carbonyl (C=O) groups excluding carboxylic acids is 1. The van der Waals surface area contributed by atoms with Crippen molar-refractivity contribution < 1.29 is 14.6 Å². The van der Waals surface area contributed by atoms with Crippen LogP contribution in [0.1, 0.15) is 44.7 Å². The lowest BCUT2D eigenvalue weighted by molar-refractivity contribution is 0.157. The van der Waals surface area contributed by atoms with Gasteiger partial charge in [0.1, 0.15) is 12.4 Å². The number of amides is 1. The molecule has 0 spiro atoms. The number of aromatic hydroxyl groups is 1. The third-order valence-electron chi connectivity index (χ3n) is 3.44. The van der Waals surface area contributed by atoms with Crippen LogP contribution in [0.15, 0.2) is 41.5 Å². The summed E-state index contributed by atoms with van der Waals surface area (Å²) in [5.74, 6) is 0.255. The summed E-state index contributed by atoms with van der Waals surface area (Å²) in [6, 6.07) is 5.23. The average molecular weight is 317 g/mol. The summed E-state index contributed by atoms with van der Waals surface area (Å²) >= 11 is 0. The summed E-state index contributed by atoms with van der Waals surface area (Å²) in [7, 11) is 0. The summed E-state index contributed by atoms with van der Waals surface area (Å²) in [6.45, 7) is 8.69. The van der Waals surface area contributed by atoms with E-state index < -0.39 is 6.09 Å². The highest BCUT2D eigenvalue weighted by Crippen LogP contribution is 2.16. The van der Waals surface area contributed by atoms with E-state index in [1.807, 2.05) is 26.0 Å². The molecule has 0 heterocycles. The standard InChI is InChI=1S/C19H27NO3/c1-14(2)6-5-7-15(3)10-11-23-19(22)20-13-17-8-9-18(21)16(4)12-17/h6,8-10,12,21H,5,7,11,13H2,1-4H3,(H,20,22)/b15-10+. The lowest BCUT2D eigenvalue weighted by Gasteiger charge is -2.07. The second-order valence-corrected chi connectivity index (χ2v) is 5.94. The molecule has 4 heteroatoms. The van der Waals surface area contributed by atoms with E-state index in [2.05, 4.69) is 25.2 Å². The van der Waals surface area contributed by atoms with Gasteiger partial charge in [-0.05, 0) is 63.8 Å². The first-order valence-corrected chi connectivity index (χ1v) is 7.86. The SMILES string of the molecule is CC(C)=CCC/C(C)=C/COC(=O)NCc1ccc(O)c(C)c1. The maximum absolute atomic E-state index is 11.6. The Bertz CT molecular complexity index is 584. The first-order chi connectivity index (χ1) is 10.9. The van der Waals surface area contributed by atoms with Crippen molar-refractivity contribution >= 4 is 6.09 Å². The topological polar surface area (TPSA) is 58.6 Å². The van der Waals surface area contributed by atoms with Gasteiger partial charge in [0.2, 0.25) is 0 Å². The monoisotopic (exact) mass is 317 g/mol. The zero-order valence-electron chi connectivity index (χ0n) is 14.5. The molecule has 0 aliphatic rings. The minimum atomic E-state index is -0.441. The summed E-state index contributed by atoms with van der Waals surface area (Å²) in [6.07, 6.45) is 5.68. The van der Waals surface area contributed by atoms with E-state index in [1.54, 1.807) is 12.1 Å². The lowest BCUT2D eigenvalue weighted by atomic mass is 10.1. The molecule has 4 nitrogen and oxygen atoms in total. The summed E-state index contributed by atoms with van der Waals surface area (Å²) in [4.78, 5) is 11.6. The number of phenols is 1. The van der Waals surface area contributed by atoms with Gasteiger partial charge in [-0.3, -0.25) is 0 Å². The van der Waals surface area contributed by atoms with E-state index in [9.17, 15) is 9.90 Å². The fourth-order valence-electron chi connectivity index (χ4n) is 2.00. The van der Waals surface area contributed by atoms with Gasteiger partial charge in [0.15, 0.2) is 0 Å². The fraction of sp³-hybridized carbons (Fsp3) is 0.421. The Balaban J connectivity index is 2.28. The highest BCUT2D eigenvalue weighted by Gasteiger charge is 2.03. The van der Waals surface area contributed by atoms with Gasteiger partial charge < -0.3 is 15.2 Å². The molecule has 0 radical (unpaired) electrons. The number of hydrogen-bond acceptors (Lipinski definition) is 3. The van der Waals surface area contributed by atoms with Crippen LogP contribution in [0, 0.1) is 6.92 Å². The first kappa shape index (κ1) is 18.8. The highest BCUT2D eigenvalue weighted by atomic mass is 16.5. The predicted octanol–water partition coefficient (Wildman–Crippen LogP) is 4.62. The van der Waals surface area contributed by atoms with Crippen molar-refractivity contribution in [2.75, 3.05) is 6.61 Å². The average Bonchev–Trinajstić information content (AvgIpc) is 2.48. The van der Waals surface area contributed by atoms with E-state index in [1.165, 1.54) is 11.1 Å². The number of phenolic OH excluding ortho intramolecular Hbond substituents is 1. The van der Waals surface area contributed by atoms with Crippen LogP contribution in [-0.4, -0.2) is 17.8 Å². The summed E-state index contributed by atoms with van der Waals surface area (Å²) in [5, 5.41) is 12.2. The molecule has 0 atom stereocenters. The first-order valence-electron chi connectivity index (χ1n) is 7.86. The van der Waals surface area contributed by atoms with Crippen LogP contribution < -0.4 is 5.32 Å². The Morgan fingerprint density at radius 3 is 2.65 bits per heavy atom. The summed E-state index contributed by atoms with van der Waals surface area (Å²) < 4.78 is 5.12. The van der Waals surface area contributed by atoms with E-state index in [0.717, 1.165) is 24.0 Å². The third kappa shape index (κ3) is 8.10. The Morgan fingerprint density at radius 1 is 1.26 bits per heavy atom. The van der Waals surface area contributed by atoms with E-state index in [0.29, 0.717) is 6.54 Å². The molecule has 0 aromatic heterocycles. The predicted molar refractivity (Wildman–Crippen MR) is 93.5 cm³/mol. The van der Waals surface area contributed by atoms with Crippen LogP contribution >= 0.6 is 0 Å². The number of hydrogen-bond donors (Lipinski definition) is 2. The molecular weight excluding hydrogens is 290 g/mol.